The molecule has 0 aromatic heterocycles. The van der Waals surface area contributed by atoms with E-state index >= 15 is 0 Å². The van der Waals surface area contributed by atoms with E-state index in [4.69, 9.17) is 16.7 Å². The van der Waals surface area contributed by atoms with E-state index in [-0.39, 0.29) is 11.8 Å². The van der Waals surface area contributed by atoms with Crippen molar-refractivity contribution < 1.29 is 9.90 Å². The smallest absolute Gasteiger partial charge is 0.303 e. The van der Waals surface area contributed by atoms with Crippen molar-refractivity contribution in [2.45, 2.75) is 38.5 Å². The molecule has 0 saturated carbocycles. The minimum absolute atomic E-state index is 0.0103. The topological polar surface area (TPSA) is 37.3 Å². The number of halogens is 1. The summed E-state index contributed by atoms with van der Waals surface area (Å²) in [5, 5.41) is 8.37. The molecule has 0 spiro atoms. The van der Waals surface area contributed by atoms with Gasteiger partial charge in [0.15, 0.2) is 0 Å². The van der Waals surface area contributed by atoms with E-state index < -0.39 is 5.97 Å². The molecule has 0 aliphatic heterocycles. The van der Waals surface area contributed by atoms with E-state index in [1.54, 1.807) is 0 Å². The quantitative estimate of drug-likeness (QED) is 0.657. The molecule has 2 atom stereocenters. The lowest BCUT2D eigenvalue weighted by atomic mass is 10.0. The van der Waals surface area contributed by atoms with Crippen LogP contribution < -0.4 is 0 Å². The van der Waals surface area contributed by atoms with Crippen molar-refractivity contribution in [3.63, 3.8) is 0 Å². The molecule has 0 aliphatic carbocycles. The molecule has 66 valence electrons. The molecule has 11 heavy (non-hydrogen) atoms. The maximum Gasteiger partial charge on any atom is 0.303 e. The van der Waals surface area contributed by atoms with E-state index in [9.17, 15) is 4.79 Å². The molecule has 0 aliphatic rings. The summed E-state index contributed by atoms with van der Waals surface area (Å²) in [6.07, 6.45) is 1.76. The highest BCUT2D eigenvalue weighted by Gasteiger charge is 2.13. The van der Waals surface area contributed by atoms with E-state index in [1.807, 2.05) is 6.92 Å². The molecule has 3 heteroatoms. The van der Waals surface area contributed by atoms with Gasteiger partial charge >= 0.3 is 5.97 Å². The maximum absolute atomic E-state index is 10.2. The lowest BCUT2D eigenvalue weighted by molar-refractivity contribution is -0.137. The summed E-state index contributed by atoms with van der Waals surface area (Å²) in [6.45, 7) is 4.10. The fraction of sp³-hybridized carbons (Fsp3) is 0.875. The van der Waals surface area contributed by atoms with Gasteiger partial charge in [-0.15, -0.1) is 11.6 Å². The first-order valence-corrected chi connectivity index (χ1v) is 4.37. The molecule has 0 saturated heterocycles. The Morgan fingerprint density at radius 1 is 1.64 bits per heavy atom. The molecule has 1 N–H and O–H groups in total. The van der Waals surface area contributed by atoms with Crippen molar-refractivity contribution in [1.82, 2.24) is 0 Å². The average molecular weight is 179 g/mol. The zero-order valence-electron chi connectivity index (χ0n) is 7.01. The minimum atomic E-state index is -0.765. The van der Waals surface area contributed by atoms with Gasteiger partial charge in [-0.2, -0.15) is 0 Å². The Hall–Kier alpha value is -0.240. The number of aliphatic carboxylic acids is 1. The number of alkyl halides is 1. The zero-order chi connectivity index (χ0) is 8.85. The average Bonchev–Trinajstić information content (AvgIpc) is 1.98. The normalized spacial score (nSPS) is 15.9. The summed E-state index contributed by atoms with van der Waals surface area (Å²) in [4.78, 5) is 10.2. The maximum atomic E-state index is 10.2. The van der Waals surface area contributed by atoms with E-state index in [2.05, 4.69) is 6.92 Å². The van der Waals surface area contributed by atoms with Crippen LogP contribution in [-0.2, 0) is 4.79 Å². The van der Waals surface area contributed by atoms with Gasteiger partial charge in [0, 0.05) is 11.8 Å². The number of hydrogen-bond acceptors (Lipinski definition) is 1. The van der Waals surface area contributed by atoms with Gasteiger partial charge in [0.05, 0.1) is 0 Å². The predicted molar refractivity (Wildman–Crippen MR) is 46.0 cm³/mol. The second-order valence-electron chi connectivity index (χ2n) is 2.83. The molecule has 0 rings (SSSR count). The van der Waals surface area contributed by atoms with Gasteiger partial charge < -0.3 is 5.11 Å². The highest BCUT2D eigenvalue weighted by Crippen LogP contribution is 2.18. The molecule has 0 aromatic carbocycles. The first-order chi connectivity index (χ1) is 5.07. The van der Waals surface area contributed by atoms with Crippen LogP contribution in [0.2, 0.25) is 0 Å². The van der Waals surface area contributed by atoms with Gasteiger partial charge in [-0.05, 0) is 12.3 Å². The van der Waals surface area contributed by atoms with Crippen molar-refractivity contribution in [2.75, 3.05) is 0 Å². The van der Waals surface area contributed by atoms with E-state index in [0.717, 1.165) is 6.42 Å². The summed E-state index contributed by atoms with van der Waals surface area (Å²) in [7, 11) is 0. The van der Waals surface area contributed by atoms with Crippen LogP contribution in [-0.4, -0.2) is 16.5 Å². The Kier molecular flexibility index (Phi) is 5.30. The van der Waals surface area contributed by atoms with Gasteiger partial charge in [0.25, 0.3) is 0 Å². The van der Waals surface area contributed by atoms with Gasteiger partial charge in [0.1, 0.15) is 0 Å². The van der Waals surface area contributed by atoms with Crippen molar-refractivity contribution in [3.05, 3.63) is 0 Å². The third kappa shape index (κ3) is 5.08. The molecular formula is C8H15ClO2. The fourth-order valence-electron chi connectivity index (χ4n) is 0.802. The number of carbonyl (C=O) groups is 1. The molecule has 0 aromatic rings. The van der Waals surface area contributed by atoms with Crippen molar-refractivity contribution in [3.8, 4) is 0 Å². The molecule has 0 fully saturated rings. The second-order valence-corrected chi connectivity index (χ2v) is 3.39. The van der Waals surface area contributed by atoms with Gasteiger partial charge in [-0.25, -0.2) is 0 Å². The summed E-state index contributed by atoms with van der Waals surface area (Å²) < 4.78 is 0. The number of carboxylic acid groups (broad SMARTS) is 1. The molecule has 2 nitrogen and oxygen atoms in total. The first kappa shape index (κ1) is 10.8. The van der Waals surface area contributed by atoms with Gasteiger partial charge in [-0.3, -0.25) is 4.79 Å². The van der Waals surface area contributed by atoms with Crippen LogP contribution in [0.25, 0.3) is 0 Å². The summed E-state index contributed by atoms with van der Waals surface area (Å²) in [5.74, 6) is -0.352. The van der Waals surface area contributed by atoms with Crippen LogP contribution >= 0.6 is 11.6 Å². The van der Waals surface area contributed by atoms with Crippen molar-refractivity contribution in [1.29, 1.82) is 0 Å². The Bertz CT molecular complexity index is 125. The van der Waals surface area contributed by atoms with Gasteiger partial charge in [-0.1, -0.05) is 20.3 Å². The molecular weight excluding hydrogens is 164 g/mol. The van der Waals surface area contributed by atoms with E-state index in [0.29, 0.717) is 12.3 Å². The highest BCUT2D eigenvalue weighted by atomic mass is 35.5. The van der Waals surface area contributed by atoms with E-state index in [1.165, 1.54) is 0 Å². The van der Waals surface area contributed by atoms with Crippen LogP contribution in [0.15, 0.2) is 0 Å². The molecule has 0 amide bonds. The summed E-state index contributed by atoms with van der Waals surface area (Å²) in [6, 6.07) is 0. The molecule has 0 heterocycles. The highest BCUT2D eigenvalue weighted by molar-refractivity contribution is 6.20. The fourth-order valence-corrected chi connectivity index (χ4v) is 1.09. The standard InChI is InChI=1S/C8H15ClO2/c1-3-6(2)7(9)4-5-8(10)11/h6-7H,3-5H2,1-2H3,(H,10,11). The molecule has 0 radical (unpaired) electrons. The lowest BCUT2D eigenvalue weighted by Gasteiger charge is -2.14. The van der Waals surface area contributed by atoms with Crippen LogP contribution in [0.4, 0.5) is 0 Å². The summed E-state index contributed by atoms with van der Waals surface area (Å²) in [5.41, 5.74) is 0. The van der Waals surface area contributed by atoms with Crippen molar-refractivity contribution >= 4 is 17.6 Å². The Morgan fingerprint density at radius 2 is 2.18 bits per heavy atom. The third-order valence-electron chi connectivity index (χ3n) is 1.90. The minimum Gasteiger partial charge on any atom is -0.481 e. The van der Waals surface area contributed by atoms with Crippen LogP contribution in [0.5, 0.6) is 0 Å². The Labute approximate surface area is 72.6 Å². The largest absolute Gasteiger partial charge is 0.481 e. The lowest BCUT2D eigenvalue weighted by Crippen LogP contribution is -2.12. The van der Waals surface area contributed by atoms with Crippen LogP contribution in [0.1, 0.15) is 33.1 Å². The zero-order valence-corrected chi connectivity index (χ0v) is 7.77. The predicted octanol–water partition coefficient (Wildman–Crippen LogP) is 2.50. The number of carboxylic acids is 1. The third-order valence-corrected chi connectivity index (χ3v) is 2.54. The second kappa shape index (κ2) is 5.42. The van der Waals surface area contributed by atoms with Crippen molar-refractivity contribution in [2.24, 2.45) is 5.92 Å². The van der Waals surface area contributed by atoms with Crippen LogP contribution in [0, 0.1) is 5.92 Å². The summed E-state index contributed by atoms with van der Waals surface area (Å²) >= 11 is 5.91. The SMILES string of the molecule is CCC(C)C(Cl)CCC(=O)O. The number of hydrogen-bond donors (Lipinski definition) is 1. The van der Waals surface area contributed by atoms with Crippen LogP contribution in [0.3, 0.4) is 0 Å². The van der Waals surface area contributed by atoms with Gasteiger partial charge in [0.2, 0.25) is 0 Å². The Morgan fingerprint density at radius 3 is 2.55 bits per heavy atom. The monoisotopic (exact) mass is 178 g/mol. The first-order valence-electron chi connectivity index (χ1n) is 3.93. The Balaban J connectivity index is 3.51. The number of rotatable bonds is 5. The molecule has 0 bridgehead atoms. The molecule has 2 unspecified atom stereocenters.